The highest BCUT2D eigenvalue weighted by molar-refractivity contribution is 7.92. The molecule has 1 atom stereocenters. The molecule has 1 aromatic carbocycles. The van der Waals surface area contributed by atoms with Crippen LogP contribution in [0, 0.1) is 0 Å². The van der Waals surface area contributed by atoms with Crippen LogP contribution in [0.3, 0.4) is 0 Å². The largest absolute Gasteiger partial charge is 0.497 e. The van der Waals surface area contributed by atoms with Gasteiger partial charge in [0.05, 0.1) is 14.2 Å². The molecule has 0 fully saturated rings. The summed E-state index contributed by atoms with van der Waals surface area (Å²) in [5.41, 5.74) is 3.49. The smallest absolute Gasteiger partial charge is 0.209 e. The van der Waals surface area contributed by atoms with E-state index in [0.717, 1.165) is 0 Å². The lowest BCUT2D eigenvalue weighted by Gasteiger charge is -2.14. The summed E-state index contributed by atoms with van der Waals surface area (Å²) in [6.07, 6.45) is 0. The van der Waals surface area contributed by atoms with Crippen LogP contribution in [0.4, 0.5) is 0 Å². The molecule has 0 aromatic heterocycles. The van der Waals surface area contributed by atoms with Crippen molar-refractivity contribution >= 4 is 9.84 Å². The van der Waals surface area contributed by atoms with Crippen LogP contribution in [0.25, 0.3) is 0 Å². The maximum Gasteiger partial charge on any atom is 0.209 e. The molecule has 0 amide bonds. The van der Waals surface area contributed by atoms with Crippen LogP contribution >= 0.6 is 0 Å². The highest BCUT2D eigenvalue weighted by Gasteiger charge is 2.27. The first kappa shape index (κ1) is 13.8. The fraction of sp³-hybridized carbons (Fsp3) is 0.400. The molecule has 0 radical (unpaired) electrons. The van der Waals surface area contributed by atoms with Crippen molar-refractivity contribution in [2.24, 2.45) is 5.73 Å². The summed E-state index contributed by atoms with van der Waals surface area (Å²) in [6.45, 7) is -0.386. The first-order chi connectivity index (χ1) is 7.97. The first-order valence-electron chi connectivity index (χ1n) is 4.81. The molecule has 6 nitrogen and oxygen atoms in total. The van der Waals surface area contributed by atoms with Gasteiger partial charge in [-0.25, -0.2) is 8.42 Å². The van der Waals surface area contributed by atoms with Crippen LogP contribution in [0.1, 0.15) is 0 Å². The van der Waals surface area contributed by atoms with Gasteiger partial charge in [0, 0.05) is 12.6 Å². The molecule has 96 valence electrons. The third-order valence-corrected chi connectivity index (χ3v) is 4.08. The average Bonchev–Trinajstić information content (AvgIpc) is 2.36. The fourth-order valence-corrected chi connectivity index (χ4v) is 2.54. The summed E-state index contributed by atoms with van der Waals surface area (Å²) >= 11 is 0. The van der Waals surface area contributed by atoms with Crippen LogP contribution in [0.2, 0.25) is 0 Å². The third kappa shape index (κ3) is 2.68. The third-order valence-electron chi connectivity index (χ3n) is 2.24. The molecule has 3 N–H and O–H groups in total. The van der Waals surface area contributed by atoms with Gasteiger partial charge >= 0.3 is 0 Å². The number of sulfone groups is 1. The van der Waals surface area contributed by atoms with E-state index in [1.165, 1.54) is 26.4 Å². The summed E-state index contributed by atoms with van der Waals surface area (Å²) < 4.78 is 33.8. The monoisotopic (exact) mass is 261 g/mol. The summed E-state index contributed by atoms with van der Waals surface area (Å²) in [7, 11) is -1.18. The Bertz CT molecular complexity index is 485. The van der Waals surface area contributed by atoms with Crippen molar-refractivity contribution in [3.05, 3.63) is 18.2 Å². The van der Waals surface area contributed by atoms with E-state index >= 15 is 0 Å². The topological polar surface area (TPSA) is 98.8 Å². The van der Waals surface area contributed by atoms with Crippen LogP contribution in [-0.4, -0.2) is 39.7 Å². The van der Waals surface area contributed by atoms with E-state index in [1.807, 2.05) is 0 Å². The zero-order valence-corrected chi connectivity index (χ0v) is 10.4. The molecule has 0 heterocycles. The van der Waals surface area contributed by atoms with Gasteiger partial charge in [-0.15, -0.1) is 0 Å². The highest BCUT2D eigenvalue weighted by Crippen LogP contribution is 2.30. The SMILES string of the molecule is COc1ccc(OC)c(S(=O)(=O)C(O)CN)c1. The van der Waals surface area contributed by atoms with Gasteiger partial charge in [-0.3, -0.25) is 0 Å². The maximum absolute atomic E-state index is 11.9. The van der Waals surface area contributed by atoms with Gasteiger partial charge in [0.25, 0.3) is 0 Å². The molecule has 1 aromatic rings. The Hall–Kier alpha value is -1.31. The van der Waals surface area contributed by atoms with Gasteiger partial charge in [0.1, 0.15) is 16.4 Å². The molecule has 0 spiro atoms. The van der Waals surface area contributed by atoms with Crippen molar-refractivity contribution in [3.8, 4) is 11.5 Å². The van der Waals surface area contributed by atoms with Crippen LogP contribution in [0.5, 0.6) is 11.5 Å². The quantitative estimate of drug-likeness (QED) is 0.758. The molecule has 0 saturated carbocycles. The Labute approximate surface area is 99.9 Å². The van der Waals surface area contributed by atoms with Gasteiger partial charge in [0.15, 0.2) is 5.44 Å². The van der Waals surface area contributed by atoms with Crippen molar-refractivity contribution in [1.82, 2.24) is 0 Å². The number of hydrogen-bond donors (Lipinski definition) is 2. The number of rotatable bonds is 5. The minimum Gasteiger partial charge on any atom is -0.497 e. The van der Waals surface area contributed by atoms with Crippen LogP contribution in [0.15, 0.2) is 23.1 Å². The second-order valence-corrected chi connectivity index (χ2v) is 5.33. The van der Waals surface area contributed by atoms with E-state index in [1.54, 1.807) is 6.07 Å². The lowest BCUT2D eigenvalue weighted by atomic mass is 10.3. The molecule has 0 aliphatic carbocycles. The normalized spacial score (nSPS) is 13.2. The predicted octanol–water partition coefficient (Wildman–Crippen LogP) is -0.245. The summed E-state index contributed by atoms with van der Waals surface area (Å²) in [4.78, 5) is -0.141. The van der Waals surface area contributed by atoms with E-state index in [4.69, 9.17) is 15.2 Å². The standard InChI is InChI=1S/C10H15NO5S/c1-15-7-3-4-8(16-2)9(5-7)17(13,14)10(12)6-11/h3-5,10,12H,6,11H2,1-2H3. The minimum atomic E-state index is -3.94. The molecule has 0 aliphatic rings. The van der Waals surface area contributed by atoms with Gasteiger partial charge < -0.3 is 20.3 Å². The summed E-state index contributed by atoms with van der Waals surface area (Å²) in [6, 6.07) is 4.30. The number of methoxy groups -OCH3 is 2. The molecule has 7 heteroatoms. The van der Waals surface area contributed by atoms with E-state index in [2.05, 4.69) is 0 Å². The van der Waals surface area contributed by atoms with E-state index in [9.17, 15) is 13.5 Å². The van der Waals surface area contributed by atoms with Crippen molar-refractivity contribution in [3.63, 3.8) is 0 Å². The Morgan fingerprint density at radius 1 is 1.35 bits per heavy atom. The van der Waals surface area contributed by atoms with Crippen molar-refractivity contribution < 1.29 is 23.0 Å². The number of hydrogen-bond acceptors (Lipinski definition) is 6. The second kappa shape index (κ2) is 5.35. The van der Waals surface area contributed by atoms with Crippen LogP contribution < -0.4 is 15.2 Å². The summed E-state index contributed by atoms with van der Waals surface area (Å²) in [5.74, 6) is 0.492. The molecular formula is C10H15NO5S. The Morgan fingerprint density at radius 2 is 2.00 bits per heavy atom. The fourth-order valence-electron chi connectivity index (χ4n) is 1.28. The number of nitrogens with two attached hydrogens (primary N) is 1. The van der Waals surface area contributed by atoms with Crippen molar-refractivity contribution in [2.45, 2.75) is 10.3 Å². The second-order valence-electron chi connectivity index (χ2n) is 3.25. The van der Waals surface area contributed by atoms with E-state index in [-0.39, 0.29) is 17.2 Å². The lowest BCUT2D eigenvalue weighted by Crippen LogP contribution is -2.29. The van der Waals surface area contributed by atoms with E-state index < -0.39 is 15.3 Å². The van der Waals surface area contributed by atoms with Crippen LogP contribution in [-0.2, 0) is 9.84 Å². The molecule has 0 saturated heterocycles. The maximum atomic E-state index is 11.9. The molecule has 1 rings (SSSR count). The molecule has 17 heavy (non-hydrogen) atoms. The highest BCUT2D eigenvalue weighted by atomic mass is 32.2. The number of benzene rings is 1. The van der Waals surface area contributed by atoms with Crippen molar-refractivity contribution in [1.29, 1.82) is 0 Å². The zero-order valence-electron chi connectivity index (χ0n) is 9.58. The minimum absolute atomic E-state index is 0.137. The van der Waals surface area contributed by atoms with Gasteiger partial charge in [-0.05, 0) is 12.1 Å². The average molecular weight is 261 g/mol. The predicted molar refractivity (Wildman–Crippen MR) is 61.8 cm³/mol. The number of aliphatic hydroxyl groups is 1. The Morgan fingerprint density at radius 3 is 2.47 bits per heavy atom. The van der Waals surface area contributed by atoms with E-state index in [0.29, 0.717) is 5.75 Å². The lowest BCUT2D eigenvalue weighted by molar-refractivity contribution is 0.255. The number of aliphatic hydroxyl groups excluding tert-OH is 1. The van der Waals surface area contributed by atoms with Gasteiger partial charge in [-0.1, -0.05) is 0 Å². The summed E-state index contributed by atoms with van der Waals surface area (Å²) in [5, 5.41) is 9.41. The number of ether oxygens (including phenoxy) is 2. The molecular weight excluding hydrogens is 246 g/mol. The van der Waals surface area contributed by atoms with Gasteiger partial charge in [-0.2, -0.15) is 0 Å². The van der Waals surface area contributed by atoms with Crippen molar-refractivity contribution in [2.75, 3.05) is 20.8 Å². The Balaban J connectivity index is 3.37. The molecule has 0 aliphatic heterocycles. The Kier molecular flexibility index (Phi) is 4.33. The van der Waals surface area contributed by atoms with Gasteiger partial charge in [0.2, 0.25) is 9.84 Å². The zero-order chi connectivity index (χ0) is 13.1. The first-order valence-corrected chi connectivity index (χ1v) is 6.36. The molecule has 0 bridgehead atoms. The molecule has 1 unspecified atom stereocenters.